The molecule has 0 saturated heterocycles. The molecule has 30 heavy (non-hydrogen) atoms. The Kier molecular flexibility index (Phi) is 4.40. The average Bonchev–Trinajstić information content (AvgIpc) is 3.46. The second-order valence-electron chi connectivity index (χ2n) is 6.75. The number of H-pyrrole nitrogens is 1. The van der Waals surface area contributed by atoms with Crippen LogP contribution in [0.4, 0.5) is 0 Å². The molecule has 7 nitrogen and oxygen atoms in total. The molecule has 0 bridgehead atoms. The van der Waals surface area contributed by atoms with Gasteiger partial charge in [-0.1, -0.05) is 18.2 Å². The normalized spacial score (nSPS) is 12.0. The highest BCUT2D eigenvalue weighted by atomic mass is 16.7. The maximum Gasteiger partial charge on any atom is 0.251 e. The molecule has 7 heteroatoms. The molecule has 0 aliphatic carbocycles. The van der Waals surface area contributed by atoms with Crippen molar-refractivity contribution in [2.24, 2.45) is 0 Å². The van der Waals surface area contributed by atoms with E-state index in [4.69, 9.17) is 14.5 Å². The summed E-state index contributed by atoms with van der Waals surface area (Å²) in [5, 5.41) is 2.62. The minimum Gasteiger partial charge on any atom is -0.454 e. The highest BCUT2D eigenvalue weighted by molar-refractivity contribution is 5.94. The van der Waals surface area contributed by atoms with E-state index in [0.717, 1.165) is 34.0 Å². The molecule has 5 rings (SSSR count). The molecule has 0 fully saturated rings. The van der Waals surface area contributed by atoms with Gasteiger partial charge in [-0.05, 0) is 42.5 Å². The second-order valence-corrected chi connectivity index (χ2v) is 6.75. The number of fused-ring (bicyclic) bond motifs is 1. The van der Waals surface area contributed by atoms with Crippen LogP contribution in [0, 0.1) is 0 Å². The van der Waals surface area contributed by atoms with Crippen molar-refractivity contribution in [2.45, 2.75) is 0 Å². The molecule has 2 N–H and O–H groups in total. The Hall–Kier alpha value is -4.13. The molecule has 0 radical (unpaired) electrons. The molecule has 3 heterocycles. The third-order valence-electron chi connectivity index (χ3n) is 4.92. The lowest BCUT2D eigenvalue weighted by molar-refractivity contribution is 0.0963. The summed E-state index contributed by atoms with van der Waals surface area (Å²) >= 11 is 0. The fraction of sp³-hybridized carbons (Fsp3) is 0.0870. The first-order valence-corrected chi connectivity index (χ1v) is 9.47. The number of ether oxygens (including phenoxy) is 2. The zero-order valence-corrected chi connectivity index (χ0v) is 16.2. The summed E-state index contributed by atoms with van der Waals surface area (Å²) < 4.78 is 11.0. The zero-order chi connectivity index (χ0) is 20.5. The first-order valence-electron chi connectivity index (χ1n) is 9.47. The second kappa shape index (κ2) is 7.36. The van der Waals surface area contributed by atoms with E-state index in [1.54, 1.807) is 25.4 Å². The van der Waals surface area contributed by atoms with Gasteiger partial charge in [0.05, 0.1) is 17.1 Å². The summed E-state index contributed by atoms with van der Waals surface area (Å²) in [4.78, 5) is 24.6. The predicted octanol–water partition coefficient (Wildman–Crippen LogP) is 3.89. The Labute approximate surface area is 172 Å². The quantitative estimate of drug-likeness (QED) is 0.544. The molecular formula is C23H18N4O3. The summed E-state index contributed by atoms with van der Waals surface area (Å²) in [5.74, 6) is 1.97. The van der Waals surface area contributed by atoms with E-state index in [-0.39, 0.29) is 12.7 Å². The third-order valence-corrected chi connectivity index (χ3v) is 4.92. The fourth-order valence-electron chi connectivity index (χ4n) is 3.38. The van der Waals surface area contributed by atoms with Crippen LogP contribution in [0.1, 0.15) is 10.4 Å². The molecule has 0 saturated carbocycles. The number of amides is 1. The maximum atomic E-state index is 11.8. The van der Waals surface area contributed by atoms with E-state index < -0.39 is 0 Å². The van der Waals surface area contributed by atoms with Crippen molar-refractivity contribution in [2.75, 3.05) is 13.8 Å². The number of nitrogens with zero attached hydrogens (tertiary/aromatic N) is 2. The Balaban J connectivity index is 1.61. The van der Waals surface area contributed by atoms with Crippen LogP contribution in [0.3, 0.4) is 0 Å². The summed E-state index contributed by atoms with van der Waals surface area (Å²) in [7, 11) is 1.61. The van der Waals surface area contributed by atoms with Crippen LogP contribution in [-0.4, -0.2) is 34.7 Å². The lowest BCUT2D eigenvalue weighted by Crippen LogP contribution is -2.17. The first-order chi connectivity index (χ1) is 14.7. The van der Waals surface area contributed by atoms with Crippen molar-refractivity contribution in [3.05, 3.63) is 72.4 Å². The minimum absolute atomic E-state index is 0.129. The van der Waals surface area contributed by atoms with Crippen LogP contribution in [0.5, 0.6) is 11.5 Å². The molecular weight excluding hydrogens is 380 g/mol. The van der Waals surface area contributed by atoms with Crippen molar-refractivity contribution in [1.29, 1.82) is 0 Å². The number of benzene rings is 2. The minimum atomic E-state index is -0.129. The third kappa shape index (κ3) is 3.16. The van der Waals surface area contributed by atoms with Gasteiger partial charge in [0.25, 0.3) is 5.91 Å². The Morgan fingerprint density at radius 1 is 1.00 bits per heavy atom. The molecule has 4 aromatic rings. The number of hydrogen-bond donors (Lipinski definition) is 2. The van der Waals surface area contributed by atoms with Gasteiger partial charge in [0.1, 0.15) is 5.82 Å². The molecule has 1 aliphatic heterocycles. The number of carbonyl (C=O) groups is 1. The molecule has 148 valence electrons. The van der Waals surface area contributed by atoms with Gasteiger partial charge in [-0.3, -0.25) is 9.78 Å². The van der Waals surface area contributed by atoms with Crippen molar-refractivity contribution < 1.29 is 14.3 Å². The average molecular weight is 398 g/mol. The lowest BCUT2D eigenvalue weighted by Gasteiger charge is -2.03. The molecule has 0 unspecified atom stereocenters. The van der Waals surface area contributed by atoms with Gasteiger partial charge in [0, 0.05) is 29.9 Å². The van der Waals surface area contributed by atoms with Gasteiger partial charge in [0.15, 0.2) is 11.5 Å². The summed E-state index contributed by atoms with van der Waals surface area (Å²) in [6.45, 7) is 0.218. The maximum absolute atomic E-state index is 11.8. The van der Waals surface area contributed by atoms with E-state index in [1.807, 2.05) is 48.5 Å². The number of nitrogens with one attached hydrogen (secondary N) is 2. The first kappa shape index (κ1) is 17.9. The van der Waals surface area contributed by atoms with Crippen LogP contribution >= 0.6 is 0 Å². The van der Waals surface area contributed by atoms with E-state index in [9.17, 15) is 4.79 Å². The van der Waals surface area contributed by atoms with Crippen molar-refractivity contribution in [3.63, 3.8) is 0 Å². The summed E-state index contributed by atoms with van der Waals surface area (Å²) in [5.41, 5.74) is 4.70. The van der Waals surface area contributed by atoms with Crippen molar-refractivity contribution >= 4 is 5.91 Å². The number of pyridine rings is 1. The van der Waals surface area contributed by atoms with Crippen LogP contribution in [0.15, 0.2) is 66.9 Å². The summed E-state index contributed by atoms with van der Waals surface area (Å²) in [6.07, 6.45) is 1.75. The van der Waals surface area contributed by atoms with E-state index in [2.05, 4.69) is 15.3 Å². The summed E-state index contributed by atoms with van der Waals surface area (Å²) in [6, 6.07) is 18.8. The smallest absolute Gasteiger partial charge is 0.251 e. The molecule has 1 amide bonds. The van der Waals surface area contributed by atoms with E-state index >= 15 is 0 Å². The molecule has 0 atom stereocenters. The lowest BCUT2D eigenvalue weighted by atomic mass is 10.1. The van der Waals surface area contributed by atoms with Crippen LogP contribution in [0.2, 0.25) is 0 Å². The van der Waals surface area contributed by atoms with Crippen LogP contribution in [0.25, 0.3) is 34.0 Å². The van der Waals surface area contributed by atoms with Crippen LogP contribution in [-0.2, 0) is 0 Å². The Bertz CT molecular complexity index is 1220. The topological polar surface area (TPSA) is 89.1 Å². The number of imidazole rings is 1. The van der Waals surface area contributed by atoms with Crippen molar-refractivity contribution in [1.82, 2.24) is 20.3 Å². The van der Waals surface area contributed by atoms with E-state index in [1.165, 1.54) is 0 Å². The zero-order valence-electron chi connectivity index (χ0n) is 16.2. The predicted molar refractivity (Wildman–Crippen MR) is 112 cm³/mol. The number of carbonyl (C=O) groups excluding carboxylic acids is 1. The van der Waals surface area contributed by atoms with Crippen LogP contribution < -0.4 is 14.8 Å². The SMILES string of the molecule is CNC(=O)c1ccc(-c2nc(-c3ccc4c(c3)OCO4)c(-c3ccccn3)[nH]2)cc1. The van der Waals surface area contributed by atoms with Gasteiger partial charge in [0.2, 0.25) is 6.79 Å². The monoisotopic (exact) mass is 398 g/mol. The van der Waals surface area contributed by atoms with Gasteiger partial charge in [-0.15, -0.1) is 0 Å². The van der Waals surface area contributed by atoms with Gasteiger partial charge >= 0.3 is 0 Å². The molecule has 0 spiro atoms. The number of rotatable bonds is 4. The van der Waals surface area contributed by atoms with Gasteiger partial charge in [-0.2, -0.15) is 0 Å². The largest absolute Gasteiger partial charge is 0.454 e. The Morgan fingerprint density at radius 3 is 2.57 bits per heavy atom. The highest BCUT2D eigenvalue weighted by Crippen LogP contribution is 2.38. The number of aromatic nitrogens is 3. The Morgan fingerprint density at radius 2 is 1.80 bits per heavy atom. The standard InChI is InChI=1S/C23H18N4O3/c1-24-23(28)15-7-5-14(6-8-15)22-26-20(21(27-22)17-4-2-3-11-25-17)16-9-10-18-19(12-16)30-13-29-18/h2-12H,13H2,1H3,(H,24,28)(H,26,27). The number of aromatic amines is 1. The van der Waals surface area contributed by atoms with E-state index in [0.29, 0.717) is 17.1 Å². The van der Waals surface area contributed by atoms with Crippen molar-refractivity contribution in [3.8, 4) is 45.5 Å². The fourth-order valence-corrected chi connectivity index (χ4v) is 3.38. The molecule has 1 aliphatic rings. The molecule has 2 aromatic heterocycles. The van der Waals surface area contributed by atoms with Gasteiger partial charge < -0.3 is 19.8 Å². The number of hydrogen-bond acceptors (Lipinski definition) is 5. The highest BCUT2D eigenvalue weighted by Gasteiger charge is 2.20. The molecule has 2 aromatic carbocycles. The van der Waals surface area contributed by atoms with Gasteiger partial charge in [-0.25, -0.2) is 4.98 Å².